The van der Waals surface area contributed by atoms with Crippen LogP contribution < -0.4 is 10.1 Å². The summed E-state index contributed by atoms with van der Waals surface area (Å²) < 4.78 is 35.9. The van der Waals surface area contributed by atoms with E-state index in [1.54, 1.807) is 13.0 Å². The van der Waals surface area contributed by atoms with Gasteiger partial charge < -0.3 is 14.8 Å². The Morgan fingerprint density at radius 3 is 2.48 bits per heavy atom. The van der Waals surface area contributed by atoms with Crippen molar-refractivity contribution in [2.75, 3.05) is 6.61 Å². The Bertz CT molecular complexity index is 867. The lowest BCUT2D eigenvalue weighted by Crippen LogP contribution is -2.32. The predicted molar refractivity (Wildman–Crippen MR) is 111 cm³/mol. The molecule has 1 atom stereocenters. The Labute approximate surface area is 180 Å². The molecule has 1 aliphatic heterocycles. The number of nitro groups is 1. The van der Waals surface area contributed by atoms with Gasteiger partial charge in [-0.05, 0) is 26.3 Å². The van der Waals surface area contributed by atoms with E-state index in [0.29, 0.717) is 12.1 Å². The highest BCUT2D eigenvalue weighted by atomic mass is 19.3. The average molecular weight is 438 g/mol. The number of esters is 1. The molecule has 0 bridgehead atoms. The van der Waals surface area contributed by atoms with Crippen LogP contribution in [-0.2, 0) is 9.53 Å². The van der Waals surface area contributed by atoms with Crippen molar-refractivity contribution in [1.82, 2.24) is 5.32 Å². The molecule has 31 heavy (non-hydrogen) atoms. The first-order valence-electron chi connectivity index (χ1n) is 10.3. The number of allylic oxidation sites excluding steroid dienone is 3. The third-order valence-corrected chi connectivity index (χ3v) is 5.07. The van der Waals surface area contributed by atoms with E-state index in [1.807, 2.05) is 0 Å². The molecule has 0 radical (unpaired) electrons. The molecule has 1 aromatic rings. The molecular weight excluding hydrogens is 410 g/mol. The standard InChI is InChI=1S/C22H28F2N2O5/c1-4-5-6-7-10-13-30-21(27)18-14(2)25-15(3)20(26(28)29)19(18)16-11-8-9-12-17(16)31-22(23)24/h8-9,11-12,19,22,25H,4-7,10,13H2,1-3H3. The molecular formula is C22H28F2N2O5. The fourth-order valence-electron chi connectivity index (χ4n) is 3.67. The second kappa shape index (κ2) is 11.4. The molecule has 0 fully saturated rings. The first kappa shape index (κ1) is 24.3. The Morgan fingerprint density at radius 2 is 1.84 bits per heavy atom. The maximum Gasteiger partial charge on any atom is 0.387 e. The van der Waals surface area contributed by atoms with E-state index in [4.69, 9.17) is 4.74 Å². The second-order valence-electron chi connectivity index (χ2n) is 7.33. The maximum absolute atomic E-state index is 12.9. The van der Waals surface area contributed by atoms with Gasteiger partial charge in [-0.25, -0.2) is 4.79 Å². The largest absolute Gasteiger partial charge is 0.462 e. The highest BCUT2D eigenvalue weighted by molar-refractivity contribution is 5.92. The number of carbonyl (C=O) groups excluding carboxylic acids is 1. The molecule has 7 nitrogen and oxygen atoms in total. The van der Waals surface area contributed by atoms with Crippen LogP contribution in [0.1, 0.15) is 64.4 Å². The van der Waals surface area contributed by atoms with Crippen LogP contribution in [0.25, 0.3) is 0 Å². The van der Waals surface area contributed by atoms with E-state index >= 15 is 0 Å². The second-order valence-corrected chi connectivity index (χ2v) is 7.33. The fourth-order valence-corrected chi connectivity index (χ4v) is 3.67. The van der Waals surface area contributed by atoms with Gasteiger partial charge in [0.25, 0.3) is 5.70 Å². The summed E-state index contributed by atoms with van der Waals surface area (Å²) in [5.74, 6) is -2.16. The van der Waals surface area contributed by atoms with Crippen molar-refractivity contribution in [3.63, 3.8) is 0 Å². The minimum Gasteiger partial charge on any atom is -0.462 e. The van der Waals surface area contributed by atoms with E-state index in [-0.39, 0.29) is 34.9 Å². The van der Waals surface area contributed by atoms with E-state index < -0.39 is 23.4 Å². The first-order valence-corrected chi connectivity index (χ1v) is 10.3. The number of alkyl halides is 2. The molecule has 0 spiro atoms. The molecule has 2 rings (SSSR count). The number of hydrogen-bond acceptors (Lipinski definition) is 6. The lowest BCUT2D eigenvalue weighted by Gasteiger charge is -2.27. The Balaban J connectivity index is 2.38. The van der Waals surface area contributed by atoms with Crippen molar-refractivity contribution in [3.05, 3.63) is 62.6 Å². The smallest absolute Gasteiger partial charge is 0.387 e. The van der Waals surface area contributed by atoms with Crippen LogP contribution in [-0.4, -0.2) is 24.1 Å². The number of nitrogens with one attached hydrogen (secondary N) is 1. The third kappa shape index (κ3) is 6.26. The highest BCUT2D eigenvalue weighted by Gasteiger charge is 2.42. The van der Waals surface area contributed by atoms with E-state index in [2.05, 4.69) is 17.0 Å². The van der Waals surface area contributed by atoms with Crippen LogP contribution in [0.15, 0.2) is 46.9 Å². The summed E-state index contributed by atoms with van der Waals surface area (Å²) in [4.78, 5) is 24.2. The van der Waals surface area contributed by atoms with Crippen LogP contribution in [0.2, 0.25) is 0 Å². The molecule has 0 saturated carbocycles. The molecule has 1 unspecified atom stereocenters. The first-order chi connectivity index (χ1) is 14.8. The van der Waals surface area contributed by atoms with Crippen molar-refractivity contribution >= 4 is 5.97 Å². The van der Waals surface area contributed by atoms with Gasteiger partial charge in [0.2, 0.25) is 0 Å². The number of nitrogens with zero attached hydrogens (tertiary/aromatic N) is 1. The van der Waals surface area contributed by atoms with Crippen LogP contribution in [0.3, 0.4) is 0 Å². The monoisotopic (exact) mass is 438 g/mol. The van der Waals surface area contributed by atoms with Crippen LogP contribution in [0, 0.1) is 10.1 Å². The third-order valence-electron chi connectivity index (χ3n) is 5.07. The molecule has 0 amide bonds. The van der Waals surface area contributed by atoms with Crippen molar-refractivity contribution in [2.24, 2.45) is 0 Å². The Morgan fingerprint density at radius 1 is 1.16 bits per heavy atom. The number of para-hydroxylation sites is 1. The van der Waals surface area contributed by atoms with Gasteiger partial charge in [0, 0.05) is 11.3 Å². The zero-order valence-electron chi connectivity index (χ0n) is 18.0. The van der Waals surface area contributed by atoms with Crippen LogP contribution in [0.4, 0.5) is 8.78 Å². The van der Waals surface area contributed by atoms with E-state index in [9.17, 15) is 23.7 Å². The summed E-state index contributed by atoms with van der Waals surface area (Å²) in [6, 6.07) is 5.77. The van der Waals surface area contributed by atoms with Gasteiger partial charge in [0.1, 0.15) is 11.7 Å². The number of dihydropyridines is 1. The van der Waals surface area contributed by atoms with Gasteiger partial charge in [-0.3, -0.25) is 10.1 Å². The summed E-state index contributed by atoms with van der Waals surface area (Å²) in [5, 5.41) is 14.7. The minimum atomic E-state index is -3.12. The maximum atomic E-state index is 12.9. The molecule has 170 valence electrons. The van der Waals surface area contributed by atoms with Crippen LogP contribution >= 0.6 is 0 Å². The fraction of sp³-hybridized carbons (Fsp3) is 0.500. The van der Waals surface area contributed by atoms with Gasteiger partial charge >= 0.3 is 12.6 Å². The summed E-state index contributed by atoms with van der Waals surface area (Å²) in [7, 11) is 0. The number of halogens is 2. The van der Waals surface area contributed by atoms with Gasteiger partial charge in [-0.2, -0.15) is 8.78 Å². The number of ether oxygens (including phenoxy) is 2. The number of hydrogen-bond donors (Lipinski definition) is 1. The minimum absolute atomic E-state index is 0.0103. The van der Waals surface area contributed by atoms with Gasteiger partial charge in [0.15, 0.2) is 0 Å². The summed E-state index contributed by atoms with van der Waals surface area (Å²) in [6.07, 6.45) is 4.81. The van der Waals surface area contributed by atoms with Crippen molar-refractivity contribution in [2.45, 2.75) is 65.4 Å². The lowest BCUT2D eigenvalue weighted by molar-refractivity contribution is -0.431. The Hall–Kier alpha value is -2.97. The lowest BCUT2D eigenvalue weighted by atomic mass is 9.83. The summed E-state index contributed by atoms with van der Waals surface area (Å²) in [6.45, 7) is 2.26. The predicted octanol–water partition coefficient (Wildman–Crippen LogP) is 5.27. The normalized spacial score (nSPS) is 16.4. The van der Waals surface area contributed by atoms with Crippen molar-refractivity contribution in [1.29, 1.82) is 0 Å². The average Bonchev–Trinajstić information content (AvgIpc) is 2.69. The van der Waals surface area contributed by atoms with Crippen molar-refractivity contribution < 1.29 is 28.0 Å². The molecule has 1 heterocycles. The molecule has 1 N–H and O–H groups in total. The highest BCUT2D eigenvalue weighted by Crippen LogP contribution is 2.42. The number of benzene rings is 1. The zero-order chi connectivity index (χ0) is 23.0. The van der Waals surface area contributed by atoms with Crippen LogP contribution in [0.5, 0.6) is 5.75 Å². The zero-order valence-corrected chi connectivity index (χ0v) is 18.0. The molecule has 0 saturated heterocycles. The summed E-state index contributed by atoms with van der Waals surface area (Å²) >= 11 is 0. The van der Waals surface area contributed by atoms with Gasteiger partial charge in [-0.1, -0.05) is 50.8 Å². The molecule has 1 aliphatic rings. The SMILES string of the molecule is CCCCCCCOC(=O)C1=C(C)NC(C)=C([N+](=O)[O-])C1c1ccccc1OC(F)F. The quantitative estimate of drug-likeness (QED) is 0.219. The van der Waals surface area contributed by atoms with E-state index in [1.165, 1.54) is 25.1 Å². The van der Waals surface area contributed by atoms with Gasteiger partial charge in [-0.15, -0.1) is 0 Å². The molecule has 0 aromatic heterocycles. The number of carbonyl (C=O) groups is 1. The van der Waals surface area contributed by atoms with Gasteiger partial charge in [0.05, 0.1) is 22.8 Å². The van der Waals surface area contributed by atoms with Crippen molar-refractivity contribution in [3.8, 4) is 5.75 Å². The molecule has 9 heteroatoms. The number of unbranched alkanes of at least 4 members (excludes halogenated alkanes) is 4. The number of rotatable bonds is 11. The molecule has 1 aromatic carbocycles. The topological polar surface area (TPSA) is 90.7 Å². The summed E-state index contributed by atoms with van der Waals surface area (Å²) in [5.41, 5.74) is 0.387. The van der Waals surface area contributed by atoms with E-state index in [0.717, 1.165) is 25.7 Å². The Kier molecular flexibility index (Phi) is 8.96. The molecule has 0 aliphatic carbocycles.